The number of hydrogen-bond donors (Lipinski definition) is 0. The molecule has 0 saturated heterocycles. The van der Waals surface area contributed by atoms with Crippen LogP contribution in [0.25, 0.3) is 11.0 Å². The van der Waals surface area contributed by atoms with Gasteiger partial charge in [0.15, 0.2) is 11.5 Å². The fourth-order valence-corrected chi connectivity index (χ4v) is 3.73. The Morgan fingerprint density at radius 3 is 2.63 bits per heavy atom. The molecule has 0 unspecified atom stereocenters. The minimum absolute atomic E-state index is 0.378. The zero-order valence-electron chi connectivity index (χ0n) is 16.5. The van der Waals surface area contributed by atoms with E-state index in [4.69, 9.17) is 18.6 Å². The largest absolute Gasteiger partial charge is 0.488 e. The third kappa shape index (κ3) is 3.25. The summed E-state index contributed by atoms with van der Waals surface area (Å²) in [6.45, 7) is 9.92. The molecule has 27 heavy (non-hydrogen) atoms. The monoisotopic (exact) mass is 366 g/mol. The third-order valence-electron chi connectivity index (χ3n) is 5.27. The molecule has 1 aromatic heterocycles. The Morgan fingerprint density at radius 2 is 1.81 bits per heavy atom. The molecule has 0 atom stereocenters. The molecule has 0 aliphatic carbocycles. The minimum Gasteiger partial charge on any atom is -0.488 e. The molecule has 142 valence electrons. The van der Waals surface area contributed by atoms with Crippen molar-refractivity contribution < 1.29 is 18.6 Å². The van der Waals surface area contributed by atoms with E-state index < -0.39 is 0 Å². The highest BCUT2D eigenvalue weighted by molar-refractivity contribution is 5.86. The normalized spacial score (nSPS) is 13.2. The summed E-state index contributed by atoms with van der Waals surface area (Å²) in [5.74, 6) is 3.27. The lowest BCUT2D eigenvalue weighted by Gasteiger charge is -2.22. The summed E-state index contributed by atoms with van der Waals surface area (Å²) < 4.78 is 23.9. The maximum Gasteiger partial charge on any atom is 0.171 e. The smallest absolute Gasteiger partial charge is 0.171 e. The first kappa shape index (κ1) is 17.8. The third-order valence-corrected chi connectivity index (χ3v) is 5.27. The van der Waals surface area contributed by atoms with Crippen LogP contribution < -0.4 is 14.2 Å². The lowest BCUT2D eigenvalue weighted by atomic mass is 9.99. The standard InChI is InChI=1S/C23H26O4/c1-5-6-17-7-8-20(16(4)15(17)3)26-13-19-22-18(11-14(2)27-22)12-21-23(19)25-10-9-24-21/h7-8,11-12H,5-6,9-10,13H2,1-4H3. The molecular weight excluding hydrogens is 340 g/mol. The molecule has 0 radical (unpaired) electrons. The quantitative estimate of drug-likeness (QED) is 0.584. The van der Waals surface area contributed by atoms with Gasteiger partial charge in [-0.3, -0.25) is 0 Å². The van der Waals surface area contributed by atoms with Crippen molar-refractivity contribution in [3.05, 3.63) is 52.3 Å². The Hall–Kier alpha value is -2.62. The van der Waals surface area contributed by atoms with Gasteiger partial charge in [-0.25, -0.2) is 0 Å². The SMILES string of the molecule is CCCc1ccc(OCc2c3c(cc4cc(C)oc24)OCCO3)c(C)c1C. The molecule has 0 amide bonds. The molecule has 4 rings (SSSR count). The van der Waals surface area contributed by atoms with Gasteiger partial charge in [-0.2, -0.15) is 0 Å². The van der Waals surface area contributed by atoms with E-state index in [-0.39, 0.29) is 0 Å². The molecular formula is C23H26O4. The summed E-state index contributed by atoms with van der Waals surface area (Å²) in [4.78, 5) is 0. The van der Waals surface area contributed by atoms with Crippen LogP contribution in [0.4, 0.5) is 0 Å². The van der Waals surface area contributed by atoms with Crippen molar-refractivity contribution in [3.63, 3.8) is 0 Å². The summed E-state index contributed by atoms with van der Waals surface area (Å²) in [7, 11) is 0. The van der Waals surface area contributed by atoms with Crippen molar-refractivity contribution in [2.45, 2.75) is 47.1 Å². The Morgan fingerprint density at radius 1 is 1.00 bits per heavy atom. The maximum atomic E-state index is 6.22. The summed E-state index contributed by atoms with van der Waals surface area (Å²) in [6.07, 6.45) is 2.24. The van der Waals surface area contributed by atoms with Crippen LogP contribution in [0.2, 0.25) is 0 Å². The van der Waals surface area contributed by atoms with Crippen LogP contribution >= 0.6 is 0 Å². The van der Waals surface area contributed by atoms with Crippen molar-refractivity contribution in [2.24, 2.45) is 0 Å². The minimum atomic E-state index is 0.378. The van der Waals surface area contributed by atoms with Gasteiger partial charge in [0.05, 0.1) is 5.56 Å². The maximum absolute atomic E-state index is 6.22. The van der Waals surface area contributed by atoms with Gasteiger partial charge in [0.1, 0.15) is 36.9 Å². The second kappa shape index (κ2) is 7.18. The van der Waals surface area contributed by atoms with Crippen LogP contribution in [0.5, 0.6) is 17.2 Å². The van der Waals surface area contributed by atoms with Gasteiger partial charge in [-0.05, 0) is 62.1 Å². The molecule has 1 aliphatic rings. The summed E-state index contributed by atoms with van der Waals surface area (Å²) in [6, 6.07) is 8.25. The fourth-order valence-electron chi connectivity index (χ4n) is 3.73. The first-order valence-electron chi connectivity index (χ1n) is 9.62. The van der Waals surface area contributed by atoms with E-state index in [0.29, 0.717) is 19.8 Å². The van der Waals surface area contributed by atoms with Crippen molar-refractivity contribution in [2.75, 3.05) is 13.2 Å². The number of rotatable bonds is 5. The number of fused-ring (bicyclic) bond motifs is 2. The van der Waals surface area contributed by atoms with E-state index in [1.54, 1.807) is 0 Å². The molecule has 4 heteroatoms. The second-order valence-corrected chi connectivity index (χ2v) is 7.17. The molecule has 0 spiro atoms. The van der Waals surface area contributed by atoms with Gasteiger partial charge in [0.2, 0.25) is 0 Å². The Kier molecular flexibility index (Phi) is 4.73. The topological polar surface area (TPSA) is 40.8 Å². The van der Waals surface area contributed by atoms with Crippen LogP contribution in [0.3, 0.4) is 0 Å². The molecule has 2 aromatic carbocycles. The van der Waals surface area contributed by atoms with Crippen LogP contribution in [-0.4, -0.2) is 13.2 Å². The predicted octanol–water partition coefficient (Wildman–Crippen LogP) is 5.66. The van der Waals surface area contributed by atoms with Crippen molar-refractivity contribution in [1.82, 2.24) is 0 Å². The Bertz CT molecular complexity index is 984. The highest BCUT2D eigenvalue weighted by Crippen LogP contribution is 2.41. The van der Waals surface area contributed by atoms with Crippen LogP contribution in [0.15, 0.2) is 28.7 Å². The zero-order chi connectivity index (χ0) is 19.0. The van der Waals surface area contributed by atoms with Gasteiger partial charge in [0.25, 0.3) is 0 Å². The van der Waals surface area contributed by atoms with Crippen molar-refractivity contribution >= 4 is 11.0 Å². The molecule has 0 saturated carbocycles. The van der Waals surface area contributed by atoms with E-state index in [0.717, 1.165) is 52.4 Å². The lowest BCUT2D eigenvalue weighted by molar-refractivity contribution is 0.166. The second-order valence-electron chi connectivity index (χ2n) is 7.17. The van der Waals surface area contributed by atoms with Crippen LogP contribution in [0.1, 0.15) is 41.4 Å². The molecule has 0 bridgehead atoms. The first-order chi connectivity index (χ1) is 13.1. The van der Waals surface area contributed by atoms with Crippen molar-refractivity contribution in [1.29, 1.82) is 0 Å². The number of furan rings is 1. The molecule has 4 nitrogen and oxygen atoms in total. The predicted molar refractivity (Wildman–Crippen MR) is 106 cm³/mol. The average Bonchev–Trinajstić information content (AvgIpc) is 3.03. The molecule has 0 fully saturated rings. The summed E-state index contributed by atoms with van der Waals surface area (Å²) in [5.41, 5.74) is 5.61. The Balaban J connectivity index is 1.69. The number of aryl methyl sites for hydroxylation is 2. The van der Waals surface area contributed by atoms with E-state index in [9.17, 15) is 0 Å². The van der Waals surface area contributed by atoms with E-state index in [1.165, 1.54) is 16.7 Å². The molecule has 1 aliphatic heterocycles. The van der Waals surface area contributed by atoms with Gasteiger partial charge in [0, 0.05) is 5.39 Å². The van der Waals surface area contributed by atoms with E-state index in [1.807, 2.05) is 19.1 Å². The van der Waals surface area contributed by atoms with Crippen LogP contribution in [-0.2, 0) is 13.0 Å². The van der Waals surface area contributed by atoms with Crippen LogP contribution in [0, 0.1) is 20.8 Å². The van der Waals surface area contributed by atoms with Gasteiger partial charge in [-0.15, -0.1) is 0 Å². The molecule has 3 aromatic rings. The van der Waals surface area contributed by atoms with Crippen molar-refractivity contribution in [3.8, 4) is 17.2 Å². The zero-order valence-corrected chi connectivity index (χ0v) is 16.5. The Labute approximate surface area is 160 Å². The fraction of sp³-hybridized carbons (Fsp3) is 0.391. The average molecular weight is 366 g/mol. The molecule has 2 heterocycles. The summed E-state index contributed by atoms with van der Waals surface area (Å²) in [5, 5.41) is 1.02. The van der Waals surface area contributed by atoms with E-state index >= 15 is 0 Å². The van der Waals surface area contributed by atoms with Gasteiger partial charge in [-0.1, -0.05) is 19.4 Å². The highest BCUT2D eigenvalue weighted by atomic mass is 16.6. The lowest BCUT2D eigenvalue weighted by Crippen LogP contribution is -2.17. The van der Waals surface area contributed by atoms with Gasteiger partial charge >= 0.3 is 0 Å². The number of ether oxygens (including phenoxy) is 3. The number of hydrogen-bond acceptors (Lipinski definition) is 4. The first-order valence-corrected chi connectivity index (χ1v) is 9.62. The number of benzene rings is 2. The summed E-state index contributed by atoms with van der Waals surface area (Å²) >= 11 is 0. The highest BCUT2D eigenvalue weighted by Gasteiger charge is 2.23. The van der Waals surface area contributed by atoms with Gasteiger partial charge < -0.3 is 18.6 Å². The van der Waals surface area contributed by atoms with E-state index in [2.05, 4.69) is 32.9 Å². The molecule has 0 N–H and O–H groups in total.